The number of anilines is 1. The van der Waals surface area contributed by atoms with Gasteiger partial charge in [0.05, 0.1) is 24.9 Å². The van der Waals surface area contributed by atoms with Crippen molar-refractivity contribution in [2.75, 3.05) is 32.6 Å². The number of hydrogen-bond acceptors (Lipinski definition) is 4. The Labute approximate surface area is 125 Å². The Morgan fingerprint density at radius 1 is 1.15 bits per heavy atom. The van der Waals surface area contributed by atoms with Crippen LogP contribution < -0.4 is 14.8 Å². The van der Waals surface area contributed by atoms with Crippen LogP contribution >= 0.6 is 11.6 Å². The normalized spacial score (nSPS) is 25.6. The van der Waals surface area contributed by atoms with Crippen LogP contribution in [-0.4, -0.2) is 44.3 Å². The van der Waals surface area contributed by atoms with E-state index in [1.165, 1.54) is 32.4 Å². The minimum atomic E-state index is 0.482. The maximum absolute atomic E-state index is 6.22. The number of rotatable bonds is 4. The molecule has 0 radical (unpaired) electrons. The van der Waals surface area contributed by atoms with Crippen molar-refractivity contribution in [2.45, 2.75) is 31.3 Å². The van der Waals surface area contributed by atoms with Crippen LogP contribution in [-0.2, 0) is 0 Å². The van der Waals surface area contributed by atoms with Gasteiger partial charge >= 0.3 is 0 Å². The van der Waals surface area contributed by atoms with Crippen LogP contribution in [0.5, 0.6) is 11.5 Å². The molecule has 0 spiro atoms. The summed E-state index contributed by atoms with van der Waals surface area (Å²) in [6.07, 6.45) is 3.77. The molecule has 2 aliphatic heterocycles. The lowest BCUT2D eigenvalue weighted by molar-refractivity contribution is 0.318. The van der Waals surface area contributed by atoms with Crippen LogP contribution in [0.15, 0.2) is 12.1 Å². The second-order valence-electron chi connectivity index (χ2n) is 5.47. The number of benzene rings is 1. The molecule has 110 valence electrons. The second-order valence-corrected chi connectivity index (χ2v) is 5.88. The summed E-state index contributed by atoms with van der Waals surface area (Å²) in [4.78, 5) is 2.58. The molecule has 0 aromatic heterocycles. The number of nitrogens with zero attached hydrogens (tertiary/aromatic N) is 1. The molecule has 5 heteroatoms. The fraction of sp³-hybridized carbons (Fsp3) is 0.600. The van der Waals surface area contributed by atoms with Gasteiger partial charge in [0, 0.05) is 24.7 Å². The lowest BCUT2D eigenvalue weighted by Crippen LogP contribution is -2.33. The zero-order valence-corrected chi connectivity index (χ0v) is 12.7. The Kier molecular flexibility index (Phi) is 3.94. The summed E-state index contributed by atoms with van der Waals surface area (Å²) >= 11 is 6.22. The summed E-state index contributed by atoms with van der Waals surface area (Å²) in [5, 5.41) is 4.23. The molecule has 1 N–H and O–H groups in total. The summed E-state index contributed by atoms with van der Waals surface area (Å²) < 4.78 is 10.7. The minimum Gasteiger partial charge on any atom is -0.495 e. The fourth-order valence-electron chi connectivity index (χ4n) is 3.42. The first-order valence-electron chi connectivity index (χ1n) is 7.15. The highest BCUT2D eigenvalue weighted by molar-refractivity contribution is 6.32. The molecular formula is C15H21ClN2O2. The first kappa shape index (κ1) is 13.8. The van der Waals surface area contributed by atoms with Gasteiger partial charge in [0.25, 0.3) is 0 Å². The van der Waals surface area contributed by atoms with Crippen molar-refractivity contribution in [3.05, 3.63) is 17.2 Å². The van der Waals surface area contributed by atoms with Crippen LogP contribution in [0.2, 0.25) is 5.02 Å². The number of methoxy groups -OCH3 is 2. The molecule has 0 amide bonds. The zero-order valence-electron chi connectivity index (χ0n) is 12.0. The minimum absolute atomic E-state index is 0.482. The average molecular weight is 297 g/mol. The van der Waals surface area contributed by atoms with Crippen LogP contribution in [0.3, 0.4) is 0 Å². The van der Waals surface area contributed by atoms with Gasteiger partial charge < -0.3 is 14.8 Å². The molecular weight excluding hydrogens is 276 g/mol. The van der Waals surface area contributed by atoms with Gasteiger partial charge in [-0.15, -0.1) is 0 Å². The Bertz CT molecular complexity index is 495. The SMILES string of the molecule is COc1cc(OC)c(NC2CCN3CCCC23)cc1Cl. The van der Waals surface area contributed by atoms with Gasteiger partial charge in [-0.25, -0.2) is 0 Å². The monoisotopic (exact) mass is 296 g/mol. The van der Waals surface area contributed by atoms with E-state index in [2.05, 4.69) is 10.2 Å². The van der Waals surface area contributed by atoms with Crippen LogP contribution in [0.25, 0.3) is 0 Å². The van der Waals surface area contributed by atoms with E-state index in [0.29, 0.717) is 22.9 Å². The molecule has 1 aromatic rings. The average Bonchev–Trinajstić information content (AvgIpc) is 3.04. The van der Waals surface area contributed by atoms with Crippen molar-refractivity contribution in [1.82, 2.24) is 4.90 Å². The summed E-state index contributed by atoms with van der Waals surface area (Å²) in [6, 6.07) is 4.87. The van der Waals surface area contributed by atoms with Crippen molar-refractivity contribution in [3.63, 3.8) is 0 Å². The fourth-order valence-corrected chi connectivity index (χ4v) is 3.66. The van der Waals surface area contributed by atoms with Gasteiger partial charge in [-0.3, -0.25) is 4.90 Å². The van der Waals surface area contributed by atoms with Crippen LogP contribution in [0.4, 0.5) is 5.69 Å². The number of nitrogens with one attached hydrogen (secondary N) is 1. The van der Waals surface area contributed by atoms with Crippen LogP contribution in [0.1, 0.15) is 19.3 Å². The lowest BCUT2D eigenvalue weighted by atomic mass is 10.1. The Morgan fingerprint density at radius 2 is 1.95 bits per heavy atom. The highest BCUT2D eigenvalue weighted by atomic mass is 35.5. The maximum Gasteiger partial charge on any atom is 0.145 e. The van der Waals surface area contributed by atoms with Gasteiger partial charge in [-0.2, -0.15) is 0 Å². The number of hydrogen-bond donors (Lipinski definition) is 1. The molecule has 4 nitrogen and oxygen atoms in total. The Morgan fingerprint density at radius 3 is 2.70 bits per heavy atom. The summed E-state index contributed by atoms with van der Waals surface area (Å²) in [6.45, 7) is 2.43. The van der Waals surface area contributed by atoms with Gasteiger partial charge in [0.15, 0.2) is 0 Å². The predicted octanol–water partition coefficient (Wildman–Crippen LogP) is 3.01. The van der Waals surface area contributed by atoms with E-state index in [1.807, 2.05) is 12.1 Å². The Hall–Kier alpha value is -1.13. The number of fused-ring (bicyclic) bond motifs is 1. The van der Waals surface area contributed by atoms with Crippen LogP contribution in [0, 0.1) is 0 Å². The molecule has 0 bridgehead atoms. The highest BCUT2D eigenvalue weighted by Gasteiger charge is 2.37. The van der Waals surface area contributed by atoms with Gasteiger partial charge in [-0.05, 0) is 31.9 Å². The Balaban J connectivity index is 1.81. The van der Waals surface area contributed by atoms with Gasteiger partial charge in [-0.1, -0.05) is 11.6 Å². The maximum atomic E-state index is 6.22. The lowest BCUT2D eigenvalue weighted by Gasteiger charge is -2.23. The standard InChI is InChI=1S/C15H21ClN2O2/c1-19-14-9-15(20-2)12(8-10(14)16)17-11-5-7-18-6-3-4-13(11)18/h8-9,11,13,17H,3-7H2,1-2H3. The summed E-state index contributed by atoms with van der Waals surface area (Å²) in [7, 11) is 3.28. The van der Waals surface area contributed by atoms with Gasteiger partial charge in [0.1, 0.15) is 11.5 Å². The van der Waals surface area contributed by atoms with Crippen molar-refractivity contribution < 1.29 is 9.47 Å². The molecule has 2 saturated heterocycles. The molecule has 2 fully saturated rings. The second kappa shape index (κ2) is 5.70. The molecule has 1 aromatic carbocycles. The molecule has 2 aliphatic rings. The molecule has 20 heavy (non-hydrogen) atoms. The quantitative estimate of drug-likeness (QED) is 0.926. The smallest absolute Gasteiger partial charge is 0.145 e. The summed E-state index contributed by atoms with van der Waals surface area (Å²) in [5.41, 5.74) is 0.956. The summed E-state index contributed by atoms with van der Waals surface area (Å²) in [5.74, 6) is 1.42. The largest absolute Gasteiger partial charge is 0.495 e. The van der Waals surface area contributed by atoms with E-state index in [1.54, 1.807) is 14.2 Å². The van der Waals surface area contributed by atoms with E-state index in [9.17, 15) is 0 Å². The van der Waals surface area contributed by atoms with Gasteiger partial charge in [0.2, 0.25) is 0 Å². The van der Waals surface area contributed by atoms with E-state index < -0.39 is 0 Å². The molecule has 0 saturated carbocycles. The van der Waals surface area contributed by atoms with Crippen molar-refractivity contribution in [2.24, 2.45) is 0 Å². The first-order valence-corrected chi connectivity index (χ1v) is 7.53. The molecule has 0 aliphatic carbocycles. The third kappa shape index (κ3) is 2.42. The predicted molar refractivity (Wildman–Crippen MR) is 81.2 cm³/mol. The van der Waals surface area contributed by atoms with Crippen molar-refractivity contribution >= 4 is 17.3 Å². The first-order chi connectivity index (χ1) is 9.72. The third-order valence-electron chi connectivity index (χ3n) is 4.42. The van der Waals surface area contributed by atoms with E-state index in [0.717, 1.165) is 11.4 Å². The highest BCUT2D eigenvalue weighted by Crippen LogP contribution is 2.38. The zero-order chi connectivity index (χ0) is 14.1. The van der Waals surface area contributed by atoms with E-state index >= 15 is 0 Å². The van der Waals surface area contributed by atoms with Crippen molar-refractivity contribution in [1.29, 1.82) is 0 Å². The van der Waals surface area contributed by atoms with E-state index in [4.69, 9.17) is 21.1 Å². The molecule has 2 heterocycles. The molecule has 2 atom stereocenters. The topological polar surface area (TPSA) is 33.7 Å². The number of ether oxygens (including phenoxy) is 2. The third-order valence-corrected chi connectivity index (χ3v) is 4.72. The van der Waals surface area contributed by atoms with Crippen molar-refractivity contribution in [3.8, 4) is 11.5 Å². The molecule has 3 rings (SSSR count). The molecule has 2 unspecified atom stereocenters. The number of halogens is 1. The van der Waals surface area contributed by atoms with E-state index in [-0.39, 0.29) is 0 Å².